The normalized spacial score (nSPS) is 21.3. The first-order valence-corrected chi connectivity index (χ1v) is 9.67. The molecule has 27 heavy (non-hydrogen) atoms. The molecule has 1 N–H and O–H groups in total. The number of nitrogens with one attached hydrogen (secondary N) is 1. The van der Waals surface area contributed by atoms with Crippen molar-refractivity contribution in [3.63, 3.8) is 0 Å². The zero-order valence-corrected chi connectivity index (χ0v) is 16.4. The Morgan fingerprint density at radius 3 is 2.85 bits per heavy atom. The van der Waals surface area contributed by atoms with Crippen LogP contribution in [0.15, 0.2) is 12.5 Å². The number of nitrogens with zero attached hydrogens (tertiary/aromatic N) is 6. The number of urea groups is 1. The number of rotatable bonds is 3. The highest BCUT2D eigenvalue weighted by Crippen LogP contribution is 2.43. The fourth-order valence-electron chi connectivity index (χ4n) is 4.08. The summed E-state index contributed by atoms with van der Waals surface area (Å²) in [5.74, 6) is 1.64. The van der Waals surface area contributed by atoms with E-state index in [4.69, 9.17) is 4.98 Å². The van der Waals surface area contributed by atoms with Crippen molar-refractivity contribution >= 4 is 6.03 Å². The van der Waals surface area contributed by atoms with Gasteiger partial charge in [0.25, 0.3) is 0 Å². The molecule has 4 heterocycles. The van der Waals surface area contributed by atoms with Crippen LogP contribution in [0.25, 0.3) is 0 Å². The van der Waals surface area contributed by atoms with E-state index in [-0.39, 0.29) is 23.5 Å². The molecule has 2 aliphatic rings. The van der Waals surface area contributed by atoms with Gasteiger partial charge in [0.15, 0.2) is 0 Å². The summed E-state index contributed by atoms with van der Waals surface area (Å²) in [5, 5.41) is 7.17. The van der Waals surface area contributed by atoms with E-state index in [9.17, 15) is 4.79 Å². The first-order chi connectivity index (χ1) is 12.9. The van der Waals surface area contributed by atoms with E-state index in [1.54, 1.807) is 4.68 Å². The van der Waals surface area contributed by atoms with Crippen LogP contribution in [-0.2, 0) is 24.9 Å². The average molecular weight is 369 g/mol. The Labute approximate surface area is 159 Å². The summed E-state index contributed by atoms with van der Waals surface area (Å²) in [6.45, 7) is 9.51. The van der Waals surface area contributed by atoms with Crippen LogP contribution in [0, 0.1) is 0 Å². The summed E-state index contributed by atoms with van der Waals surface area (Å²) in [6.07, 6.45) is 6.23. The molecule has 2 aromatic heterocycles. The van der Waals surface area contributed by atoms with Crippen LogP contribution in [0.4, 0.5) is 4.79 Å². The molecule has 2 amide bonds. The maximum Gasteiger partial charge on any atom is 0.318 e. The highest BCUT2D eigenvalue weighted by Gasteiger charge is 2.43. The van der Waals surface area contributed by atoms with Gasteiger partial charge in [-0.3, -0.25) is 0 Å². The number of carbonyl (C=O) groups is 1. The third kappa shape index (κ3) is 3.17. The van der Waals surface area contributed by atoms with E-state index < -0.39 is 0 Å². The SMILES string of the molecule is CCn1ncnc1CNC(=O)N1C2CCC1c1cnc(C(C)(C)C)nc1C2. The topological polar surface area (TPSA) is 88.8 Å². The van der Waals surface area contributed by atoms with Crippen molar-refractivity contribution in [2.24, 2.45) is 0 Å². The first kappa shape index (κ1) is 17.9. The molecular formula is C19H27N7O. The molecule has 2 atom stereocenters. The van der Waals surface area contributed by atoms with Crippen LogP contribution < -0.4 is 5.32 Å². The molecule has 0 aromatic carbocycles. The summed E-state index contributed by atoms with van der Waals surface area (Å²) < 4.78 is 1.79. The molecule has 0 aliphatic carbocycles. The lowest BCUT2D eigenvalue weighted by Crippen LogP contribution is -2.47. The van der Waals surface area contributed by atoms with E-state index in [1.807, 2.05) is 18.0 Å². The van der Waals surface area contributed by atoms with Crippen molar-refractivity contribution in [1.82, 2.24) is 34.9 Å². The molecule has 2 aliphatic heterocycles. The van der Waals surface area contributed by atoms with Crippen LogP contribution in [0.1, 0.15) is 69.5 Å². The Bertz CT molecular complexity index is 854. The molecular weight excluding hydrogens is 342 g/mol. The van der Waals surface area contributed by atoms with Crippen LogP contribution in [-0.4, -0.2) is 41.7 Å². The van der Waals surface area contributed by atoms with Crippen LogP contribution in [0.3, 0.4) is 0 Å². The van der Waals surface area contributed by atoms with Crippen molar-refractivity contribution in [3.05, 3.63) is 35.4 Å². The van der Waals surface area contributed by atoms with Gasteiger partial charge in [0.2, 0.25) is 0 Å². The minimum atomic E-state index is -0.0716. The standard InChI is InChI=1S/C19H27N7O/c1-5-25-16(22-11-23-25)10-21-18(27)26-12-6-7-15(26)13-9-20-17(19(2,3)4)24-14(13)8-12/h9,11-12,15H,5-8,10H2,1-4H3,(H,21,27). The molecule has 2 unspecified atom stereocenters. The molecule has 0 saturated carbocycles. The fourth-order valence-corrected chi connectivity index (χ4v) is 4.08. The minimum absolute atomic E-state index is 0.0429. The van der Waals surface area contributed by atoms with E-state index in [0.29, 0.717) is 6.54 Å². The van der Waals surface area contributed by atoms with E-state index >= 15 is 0 Å². The maximum absolute atomic E-state index is 12.9. The van der Waals surface area contributed by atoms with Crippen molar-refractivity contribution in [2.45, 2.75) is 77.5 Å². The molecule has 0 spiro atoms. The Hall–Kier alpha value is -2.51. The van der Waals surface area contributed by atoms with Gasteiger partial charge < -0.3 is 10.2 Å². The molecule has 2 bridgehead atoms. The molecule has 144 valence electrons. The Kier molecular flexibility index (Phi) is 4.36. The second-order valence-electron chi connectivity index (χ2n) is 8.35. The lowest BCUT2D eigenvalue weighted by Gasteiger charge is -2.36. The highest BCUT2D eigenvalue weighted by molar-refractivity contribution is 5.76. The van der Waals surface area contributed by atoms with Crippen LogP contribution in [0.2, 0.25) is 0 Å². The van der Waals surface area contributed by atoms with Gasteiger partial charge in [-0.15, -0.1) is 0 Å². The largest absolute Gasteiger partial charge is 0.331 e. The van der Waals surface area contributed by atoms with Crippen LogP contribution in [0.5, 0.6) is 0 Å². The van der Waals surface area contributed by atoms with Gasteiger partial charge >= 0.3 is 6.03 Å². The number of aromatic nitrogens is 5. The van der Waals surface area contributed by atoms with Crippen molar-refractivity contribution in [1.29, 1.82) is 0 Å². The summed E-state index contributed by atoms with van der Waals surface area (Å²) in [4.78, 5) is 28.5. The van der Waals surface area contributed by atoms with Gasteiger partial charge in [0.05, 0.1) is 18.3 Å². The summed E-state index contributed by atoms with van der Waals surface area (Å²) >= 11 is 0. The number of amides is 2. The molecule has 8 nitrogen and oxygen atoms in total. The highest BCUT2D eigenvalue weighted by atomic mass is 16.2. The number of hydrogen-bond donors (Lipinski definition) is 1. The van der Waals surface area contributed by atoms with Crippen molar-refractivity contribution in [2.75, 3.05) is 0 Å². The summed E-state index contributed by atoms with van der Waals surface area (Å²) in [6, 6.07) is 0.227. The third-order valence-corrected chi connectivity index (χ3v) is 5.49. The lowest BCUT2D eigenvalue weighted by atomic mass is 9.93. The molecule has 4 rings (SSSR count). The quantitative estimate of drug-likeness (QED) is 0.897. The van der Waals surface area contributed by atoms with Crippen LogP contribution >= 0.6 is 0 Å². The zero-order valence-electron chi connectivity index (χ0n) is 16.4. The van der Waals surface area contributed by atoms with Crippen molar-refractivity contribution in [3.8, 4) is 0 Å². The lowest BCUT2D eigenvalue weighted by molar-refractivity contribution is 0.164. The number of fused-ring (bicyclic) bond motifs is 4. The summed E-state index contributed by atoms with van der Waals surface area (Å²) in [7, 11) is 0. The predicted octanol–water partition coefficient (Wildman–Crippen LogP) is 2.36. The third-order valence-electron chi connectivity index (χ3n) is 5.49. The van der Waals surface area contributed by atoms with Gasteiger partial charge in [-0.05, 0) is 19.8 Å². The van der Waals surface area contributed by atoms with Gasteiger partial charge in [-0.2, -0.15) is 5.10 Å². The minimum Gasteiger partial charge on any atom is -0.331 e. The van der Waals surface area contributed by atoms with Gasteiger partial charge in [-0.1, -0.05) is 20.8 Å². The number of carbonyl (C=O) groups excluding carboxylic acids is 1. The Morgan fingerprint density at radius 1 is 1.30 bits per heavy atom. The van der Waals surface area contributed by atoms with E-state index in [2.05, 4.69) is 41.2 Å². The van der Waals surface area contributed by atoms with Gasteiger partial charge in [0.1, 0.15) is 18.0 Å². The average Bonchev–Trinajstić information content (AvgIpc) is 3.21. The zero-order chi connectivity index (χ0) is 19.2. The van der Waals surface area contributed by atoms with Gasteiger partial charge in [-0.25, -0.2) is 24.4 Å². The molecule has 1 saturated heterocycles. The molecule has 1 fully saturated rings. The first-order valence-electron chi connectivity index (χ1n) is 9.67. The van der Waals surface area contributed by atoms with Gasteiger partial charge in [0, 0.05) is 36.2 Å². The van der Waals surface area contributed by atoms with E-state index in [1.165, 1.54) is 6.33 Å². The molecule has 0 radical (unpaired) electrons. The monoisotopic (exact) mass is 369 g/mol. The van der Waals surface area contributed by atoms with Crippen molar-refractivity contribution < 1.29 is 4.79 Å². The maximum atomic E-state index is 12.9. The molecule has 8 heteroatoms. The number of hydrogen-bond acceptors (Lipinski definition) is 5. The second kappa shape index (κ2) is 6.58. The van der Waals surface area contributed by atoms with E-state index in [0.717, 1.165) is 48.7 Å². The predicted molar refractivity (Wildman–Crippen MR) is 100.0 cm³/mol. The fraction of sp³-hybridized carbons (Fsp3) is 0.632. The second-order valence-corrected chi connectivity index (χ2v) is 8.35. The summed E-state index contributed by atoms with van der Waals surface area (Å²) in [5.41, 5.74) is 2.14. The Balaban J connectivity index is 1.52. The smallest absolute Gasteiger partial charge is 0.318 e. The number of aryl methyl sites for hydroxylation is 1. The molecule has 2 aromatic rings. The Morgan fingerprint density at radius 2 is 2.11 bits per heavy atom.